The predicted molar refractivity (Wildman–Crippen MR) is 97.9 cm³/mol. The van der Waals surface area contributed by atoms with E-state index in [0.29, 0.717) is 10.7 Å². The maximum absolute atomic E-state index is 5.50. The van der Waals surface area contributed by atoms with Crippen molar-refractivity contribution in [2.45, 2.75) is 50.8 Å². The molecule has 2 N–H and O–H groups in total. The van der Waals surface area contributed by atoms with Crippen LogP contribution in [-0.4, -0.2) is 54.6 Å². The van der Waals surface area contributed by atoms with Gasteiger partial charge in [0.1, 0.15) is 8.64 Å². The third-order valence-corrected chi connectivity index (χ3v) is 6.39. The van der Waals surface area contributed by atoms with Crippen molar-refractivity contribution in [2.75, 3.05) is 13.1 Å². The lowest BCUT2D eigenvalue weighted by molar-refractivity contribution is 0.223. The first-order valence-electron chi connectivity index (χ1n) is 6.85. The number of thiocarbonyl (C=S) groups is 2. The summed E-state index contributed by atoms with van der Waals surface area (Å²) in [5.41, 5.74) is 0. The molecule has 0 bridgehead atoms. The van der Waals surface area contributed by atoms with Crippen molar-refractivity contribution in [1.29, 1.82) is 0 Å². The Morgan fingerprint density at radius 2 is 1.20 bits per heavy atom. The van der Waals surface area contributed by atoms with Gasteiger partial charge in [-0.1, -0.05) is 48.0 Å². The highest BCUT2D eigenvalue weighted by atomic mass is 32.2. The Labute approximate surface area is 140 Å². The standard InChI is InChI=1S/C12H22N4S4/c1-7-13-9(3)19-11(17)15(7)5-6-16-8(2)14-10(4)20-12(16)18/h7-10,13-14H,5-6H2,1-4H3/t7-,8+,9+,10-. The van der Waals surface area contributed by atoms with Crippen LogP contribution in [0.15, 0.2) is 0 Å². The number of hydrogen-bond donors (Lipinski definition) is 2. The number of thioether (sulfide) groups is 2. The monoisotopic (exact) mass is 350 g/mol. The van der Waals surface area contributed by atoms with Gasteiger partial charge in [-0.15, -0.1) is 0 Å². The minimum absolute atomic E-state index is 0.284. The van der Waals surface area contributed by atoms with Crippen molar-refractivity contribution < 1.29 is 0 Å². The summed E-state index contributed by atoms with van der Waals surface area (Å²) in [5.74, 6) is 0. The molecule has 0 aromatic rings. The van der Waals surface area contributed by atoms with E-state index in [1.165, 1.54) is 0 Å². The second-order valence-corrected chi connectivity index (χ2v) is 9.07. The molecule has 4 nitrogen and oxygen atoms in total. The normalized spacial score (nSPS) is 35.6. The summed E-state index contributed by atoms with van der Waals surface area (Å²) in [4.78, 5) is 4.50. The Hall–Kier alpha value is 0.400. The van der Waals surface area contributed by atoms with Crippen molar-refractivity contribution in [3.05, 3.63) is 0 Å². The molecule has 0 spiro atoms. The first-order valence-corrected chi connectivity index (χ1v) is 9.42. The molecule has 114 valence electrons. The molecular formula is C12H22N4S4. The van der Waals surface area contributed by atoms with Crippen LogP contribution in [0.5, 0.6) is 0 Å². The SMILES string of the molecule is C[C@@H]1N[C@H](C)N(CCN2C(=S)S[C@@H](C)N[C@H]2C)C(=S)S1. The van der Waals surface area contributed by atoms with Gasteiger partial charge in [0.05, 0.1) is 23.1 Å². The van der Waals surface area contributed by atoms with Crippen molar-refractivity contribution in [3.63, 3.8) is 0 Å². The molecule has 0 radical (unpaired) electrons. The quantitative estimate of drug-likeness (QED) is 0.749. The molecule has 2 aliphatic heterocycles. The molecule has 4 atom stereocenters. The number of nitrogens with one attached hydrogen (secondary N) is 2. The molecule has 0 amide bonds. The van der Waals surface area contributed by atoms with Crippen molar-refractivity contribution in [3.8, 4) is 0 Å². The van der Waals surface area contributed by atoms with Crippen molar-refractivity contribution in [1.82, 2.24) is 20.4 Å². The second-order valence-electron chi connectivity index (χ2n) is 5.12. The number of rotatable bonds is 3. The average Bonchev–Trinajstić information content (AvgIpc) is 2.30. The molecule has 20 heavy (non-hydrogen) atoms. The van der Waals surface area contributed by atoms with Crippen molar-refractivity contribution >= 4 is 56.6 Å². The lowest BCUT2D eigenvalue weighted by Crippen LogP contribution is -2.58. The third kappa shape index (κ3) is 3.98. The molecule has 0 aliphatic carbocycles. The third-order valence-electron chi connectivity index (χ3n) is 3.49. The molecule has 0 saturated carbocycles. The Morgan fingerprint density at radius 1 is 0.850 bits per heavy atom. The summed E-state index contributed by atoms with van der Waals surface area (Å²) < 4.78 is 1.96. The summed E-state index contributed by atoms with van der Waals surface area (Å²) in [7, 11) is 0. The van der Waals surface area contributed by atoms with Crippen LogP contribution < -0.4 is 10.6 Å². The van der Waals surface area contributed by atoms with Crippen LogP contribution in [0.3, 0.4) is 0 Å². The van der Waals surface area contributed by atoms with Gasteiger partial charge in [-0.25, -0.2) is 0 Å². The summed E-state index contributed by atoms with van der Waals surface area (Å²) in [6.07, 6.45) is 0.568. The average molecular weight is 351 g/mol. The molecule has 2 rings (SSSR count). The fraction of sp³-hybridized carbons (Fsp3) is 0.833. The lowest BCUT2D eigenvalue weighted by atomic mass is 10.4. The van der Waals surface area contributed by atoms with Gasteiger partial charge in [-0.05, 0) is 27.7 Å². The van der Waals surface area contributed by atoms with Gasteiger partial charge in [0.25, 0.3) is 0 Å². The van der Waals surface area contributed by atoms with Crippen LogP contribution in [0.2, 0.25) is 0 Å². The van der Waals surface area contributed by atoms with E-state index in [-0.39, 0.29) is 12.3 Å². The molecule has 0 aromatic heterocycles. The second kappa shape index (κ2) is 7.11. The van der Waals surface area contributed by atoms with Gasteiger partial charge in [0.15, 0.2) is 0 Å². The highest BCUT2D eigenvalue weighted by Gasteiger charge is 2.29. The van der Waals surface area contributed by atoms with Gasteiger partial charge < -0.3 is 9.80 Å². The van der Waals surface area contributed by atoms with E-state index in [2.05, 4.69) is 48.1 Å². The van der Waals surface area contributed by atoms with Crippen LogP contribution in [0.25, 0.3) is 0 Å². The van der Waals surface area contributed by atoms with E-state index < -0.39 is 0 Å². The molecule has 8 heteroatoms. The summed E-state index contributed by atoms with van der Waals surface area (Å²) in [6, 6.07) is 0. The van der Waals surface area contributed by atoms with Crippen LogP contribution in [0, 0.1) is 0 Å². The number of nitrogens with zero attached hydrogens (tertiary/aromatic N) is 2. The first kappa shape index (κ1) is 16.8. The van der Waals surface area contributed by atoms with Crippen LogP contribution in [0.1, 0.15) is 27.7 Å². The molecule has 0 unspecified atom stereocenters. The maximum atomic E-state index is 5.50. The highest BCUT2D eigenvalue weighted by Crippen LogP contribution is 2.24. The summed E-state index contributed by atoms with van der Waals surface area (Å²) in [6.45, 7) is 10.4. The fourth-order valence-corrected chi connectivity index (χ4v) is 5.74. The molecule has 2 saturated heterocycles. The molecule has 2 aliphatic rings. The molecule has 2 heterocycles. The fourth-order valence-electron chi connectivity index (χ4n) is 2.47. The molecule has 2 fully saturated rings. The van der Waals surface area contributed by atoms with Gasteiger partial charge in [0.2, 0.25) is 0 Å². The van der Waals surface area contributed by atoms with Gasteiger partial charge in [0, 0.05) is 13.1 Å². The smallest absolute Gasteiger partial charge is 0.139 e. The van der Waals surface area contributed by atoms with Crippen LogP contribution in [-0.2, 0) is 0 Å². The van der Waals surface area contributed by atoms with E-state index in [0.717, 1.165) is 21.7 Å². The summed E-state index contributed by atoms with van der Waals surface area (Å²) in [5, 5.41) is 7.79. The maximum Gasteiger partial charge on any atom is 0.139 e. The Kier molecular flexibility index (Phi) is 5.96. The molecular weight excluding hydrogens is 328 g/mol. The van der Waals surface area contributed by atoms with Crippen molar-refractivity contribution in [2.24, 2.45) is 0 Å². The highest BCUT2D eigenvalue weighted by molar-refractivity contribution is 8.23. The van der Waals surface area contributed by atoms with Gasteiger partial charge in [-0.2, -0.15) is 0 Å². The number of hydrogen-bond acceptors (Lipinski definition) is 6. The van der Waals surface area contributed by atoms with E-state index >= 15 is 0 Å². The molecule has 0 aromatic carbocycles. The van der Waals surface area contributed by atoms with Gasteiger partial charge in [-0.3, -0.25) is 10.6 Å². The van der Waals surface area contributed by atoms with E-state index in [9.17, 15) is 0 Å². The largest absolute Gasteiger partial charge is 0.340 e. The topological polar surface area (TPSA) is 30.5 Å². The zero-order valence-electron chi connectivity index (χ0n) is 12.3. The summed E-state index contributed by atoms with van der Waals surface area (Å²) >= 11 is 14.4. The first-order chi connectivity index (χ1) is 9.38. The van der Waals surface area contributed by atoms with Crippen LogP contribution in [0.4, 0.5) is 0 Å². The van der Waals surface area contributed by atoms with Crippen LogP contribution >= 0.6 is 48.0 Å². The Balaban J connectivity index is 1.91. The minimum Gasteiger partial charge on any atom is -0.340 e. The van der Waals surface area contributed by atoms with E-state index in [1.54, 1.807) is 23.5 Å². The lowest BCUT2D eigenvalue weighted by Gasteiger charge is -2.43. The zero-order valence-corrected chi connectivity index (χ0v) is 15.5. The van der Waals surface area contributed by atoms with E-state index in [1.807, 2.05) is 0 Å². The zero-order chi connectivity index (χ0) is 14.9. The van der Waals surface area contributed by atoms with Gasteiger partial charge >= 0.3 is 0 Å². The predicted octanol–water partition coefficient (Wildman–Crippen LogP) is 2.22. The Bertz CT molecular complexity index is 356. The van der Waals surface area contributed by atoms with E-state index in [4.69, 9.17) is 24.4 Å². The Morgan fingerprint density at radius 3 is 1.50 bits per heavy atom. The minimum atomic E-state index is 0.284.